The van der Waals surface area contributed by atoms with Gasteiger partial charge in [-0.05, 0) is 37.8 Å². The number of rotatable bonds is 5. The van der Waals surface area contributed by atoms with Gasteiger partial charge in [-0.1, -0.05) is 11.6 Å². The van der Waals surface area contributed by atoms with Crippen LogP contribution in [-0.2, 0) is 0 Å². The lowest BCUT2D eigenvalue weighted by molar-refractivity contribution is 0.283. The molecule has 16 heavy (non-hydrogen) atoms. The molecule has 0 amide bonds. The summed E-state index contributed by atoms with van der Waals surface area (Å²) in [5.74, 6) is 0. The molecule has 1 heterocycles. The van der Waals surface area contributed by atoms with Gasteiger partial charge in [-0.15, -0.1) is 0 Å². The second-order valence-electron chi connectivity index (χ2n) is 4.19. The summed E-state index contributed by atoms with van der Waals surface area (Å²) < 4.78 is 0. The first-order chi connectivity index (χ1) is 7.81. The third kappa shape index (κ3) is 2.66. The lowest BCUT2D eigenvalue weighted by Crippen LogP contribution is -2.41. The maximum atomic E-state index is 8.92. The van der Waals surface area contributed by atoms with Gasteiger partial charge in [0.15, 0.2) is 0 Å². The Morgan fingerprint density at radius 1 is 1.50 bits per heavy atom. The lowest BCUT2D eigenvalue weighted by Gasteiger charge is -2.39. The Kier molecular flexibility index (Phi) is 4.02. The van der Waals surface area contributed by atoms with Crippen molar-refractivity contribution in [1.29, 1.82) is 0 Å². The fourth-order valence-corrected chi connectivity index (χ4v) is 2.20. The zero-order valence-electron chi connectivity index (χ0n) is 9.27. The number of anilines is 1. The molecular weight excluding hydrogens is 224 g/mol. The average molecular weight is 241 g/mol. The van der Waals surface area contributed by atoms with E-state index in [1.807, 2.05) is 12.1 Å². The number of nitrogens with zero attached hydrogens (tertiary/aromatic N) is 2. The highest BCUT2D eigenvalue weighted by Gasteiger charge is 2.24. The van der Waals surface area contributed by atoms with Crippen LogP contribution in [0.4, 0.5) is 5.69 Å². The lowest BCUT2D eigenvalue weighted by atomic mass is 9.91. The zero-order chi connectivity index (χ0) is 11.4. The van der Waals surface area contributed by atoms with Crippen molar-refractivity contribution >= 4 is 17.3 Å². The quantitative estimate of drug-likeness (QED) is 0.804. The van der Waals surface area contributed by atoms with E-state index in [0.29, 0.717) is 11.2 Å². The molecule has 88 valence electrons. The van der Waals surface area contributed by atoms with E-state index in [-0.39, 0.29) is 6.61 Å². The molecule has 2 rings (SSSR count). The van der Waals surface area contributed by atoms with Crippen molar-refractivity contribution in [1.82, 2.24) is 4.98 Å². The number of aromatic nitrogens is 1. The number of pyridine rings is 1. The summed E-state index contributed by atoms with van der Waals surface area (Å²) in [5, 5.41) is 9.46. The SMILES string of the molecule is OCCCN(c1ccnc(Cl)c1)C1CCC1. The molecule has 1 aromatic rings. The number of hydrogen-bond acceptors (Lipinski definition) is 3. The van der Waals surface area contributed by atoms with Crippen molar-refractivity contribution in [2.75, 3.05) is 18.1 Å². The van der Waals surface area contributed by atoms with E-state index in [1.54, 1.807) is 6.20 Å². The summed E-state index contributed by atoms with van der Waals surface area (Å²) in [7, 11) is 0. The van der Waals surface area contributed by atoms with Gasteiger partial charge in [0, 0.05) is 31.1 Å². The van der Waals surface area contributed by atoms with E-state index in [1.165, 1.54) is 19.3 Å². The fourth-order valence-electron chi connectivity index (χ4n) is 2.03. The Morgan fingerprint density at radius 3 is 2.88 bits per heavy atom. The van der Waals surface area contributed by atoms with Crippen LogP contribution in [0.3, 0.4) is 0 Å². The highest BCUT2D eigenvalue weighted by Crippen LogP contribution is 2.30. The molecule has 0 spiro atoms. The molecule has 0 saturated heterocycles. The molecule has 1 N–H and O–H groups in total. The van der Waals surface area contributed by atoms with Gasteiger partial charge in [-0.3, -0.25) is 0 Å². The third-order valence-electron chi connectivity index (χ3n) is 3.11. The number of halogens is 1. The Hall–Kier alpha value is -0.800. The molecule has 0 aliphatic heterocycles. The summed E-state index contributed by atoms with van der Waals surface area (Å²) >= 11 is 5.90. The standard InChI is InChI=1S/C12H17ClN2O/c13-12-9-11(5-6-14-12)15(7-2-8-16)10-3-1-4-10/h5-6,9-10,16H,1-4,7-8H2. The number of hydrogen-bond donors (Lipinski definition) is 1. The van der Waals surface area contributed by atoms with Crippen LogP contribution in [0.25, 0.3) is 0 Å². The summed E-state index contributed by atoms with van der Waals surface area (Å²) in [6.07, 6.45) is 6.33. The molecule has 1 fully saturated rings. The summed E-state index contributed by atoms with van der Waals surface area (Å²) in [5.41, 5.74) is 1.12. The van der Waals surface area contributed by atoms with Crippen LogP contribution in [0.1, 0.15) is 25.7 Å². The summed E-state index contributed by atoms with van der Waals surface area (Å²) in [4.78, 5) is 6.34. The normalized spacial score (nSPS) is 15.9. The van der Waals surface area contributed by atoms with Crippen LogP contribution in [0.2, 0.25) is 5.15 Å². The molecule has 0 radical (unpaired) electrons. The van der Waals surface area contributed by atoms with Gasteiger partial charge in [0.05, 0.1) is 0 Å². The third-order valence-corrected chi connectivity index (χ3v) is 3.32. The maximum Gasteiger partial charge on any atom is 0.131 e. The minimum absolute atomic E-state index is 0.238. The van der Waals surface area contributed by atoms with Crippen LogP contribution in [0, 0.1) is 0 Å². The minimum atomic E-state index is 0.238. The van der Waals surface area contributed by atoms with Crippen LogP contribution >= 0.6 is 11.6 Å². The van der Waals surface area contributed by atoms with E-state index < -0.39 is 0 Å². The van der Waals surface area contributed by atoms with Crippen molar-refractivity contribution in [3.8, 4) is 0 Å². The fraction of sp³-hybridized carbons (Fsp3) is 0.583. The Balaban J connectivity index is 2.10. The second kappa shape index (κ2) is 5.51. The van der Waals surface area contributed by atoms with E-state index in [4.69, 9.17) is 16.7 Å². The van der Waals surface area contributed by atoms with E-state index in [0.717, 1.165) is 18.7 Å². The molecular formula is C12H17ClN2O. The van der Waals surface area contributed by atoms with Gasteiger partial charge in [-0.2, -0.15) is 0 Å². The van der Waals surface area contributed by atoms with Crippen molar-refractivity contribution in [3.63, 3.8) is 0 Å². The largest absolute Gasteiger partial charge is 0.396 e. The van der Waals surface area contributed by atoms with Crippen molar-refractivity contribution in [2.24, 2.45) is 0 Å². The van der Waals surface area contributed by atoms with E-state index >= 15 is 0 Å². The van der Waals surface area contributed by atoms with Gasteiger partial charge in [-0.25, -0.2) is 4.98 Å². The maximum absolute atomic E-state index is 8.92. The first kappa shape index (κ1) is 11.7. The van der Waals surface area contributed by atoms with Gasteiger partial charge in [0.25, 0.3) is 0 Å². The van der Waals surface area contributed by atoms with Crippen molar-refractivity contribution < 1.29 is 5.11 Å². The molecule has 1 aromatic heterocycles. The van der Waals surface area contributed by atoms with Gasteiger partial charge < -0.3 is 10.0 Å². The zero-order valence-corrected chi connectivity index (χ0v) is 10.0. The predicted octanol–water partition coefficient (Wildman–Crippen LogP) is 2.48. The molecule has 3 nitrogen and oxygen atoms in total. The Morgan fingerprint density at radius 2 is 2.31 bits per heavy atom. The molecule has 0 unspecified atom stereocenters. The van der Waals surface area contributed by atoms with Crippen molar-refractivity contribution in [2.45, 2.75) is 31.7 Å². The smallest absolute Gasteiger partial charge is 0.131 e. The van der Waals surface area contributed by atoms with E-state index in [9.17, 15) is 0 Å². The average Bonchev–Trinajstić information content (AvgIpc) is 2.21. The molecule has 0 atom stereocenters. The monoisotopic (exact) mass is 240 g/mol. The predicted molar refractivity (Wildman–Crippen MR) is 65.9 cm³/mol. The summed E-state index contributed by atoms with van der Waals surface area (Å²) in [6, 6.07) is 4.50. The molecule has 0 bridgehead atoms. The highest BCUT2D eigenvalue weighted by atomic mass is 35.5. The van der Waals surface area contributed by atoms with E-state index in [2.05, 4.69) is 9.88 Å². The van der Waals surface area contributed by atoms with Crippen LogP contribution in [0.5, 0.6) is 0 Å². The van der Waals surface area contributed by atoms with Gasteiger partial charge in [0.1, 0.15) is 5.15 Å². The van der Waals surface area contributed by atoms with Crippen molar-refractivity contribution in [3.05, 3.63) is 23.5 Å². The molecule has 1 aliphatic rings. The number of aliphatic hydroxyl groups excluding tert-OH is 1. The summed E-state index contributed by atoms with van der Waals surface area (Å²) in [6.45, 7) is 1.13. The molecule has 4 heteroatoms. The topological polar surface area (TPSA) is 36.4 Å². The van der Waals surface area contributed by atoms with Gasteiger partial charge in [0.2, 0.25) is 0 Å². The molecule has 1 saturated carbocycles. The highest BCUT2D eigenvalue weighted by molar-refractivity contribution is 6.29. The number of aliphatic hydroxyl groups is 1. The van der Waals surface area contributed by atoms with Crippen LogP contribution in [-0.4, -0.2) is 29.3 Å². The molecule has 1 aliphatic carbocycles. The molecule has 0 aromatic carbocycles. The van der Waals surface area contributed by atoms with Gasteiger partial charge >= 0.3 is 0 Å². The Labute approximate surface area is 101 Å². The Bertz CT molecular complexity index is 342. The van der Waals surface area contributed by atoms with Crippen LogP contribution < -0.4 is 4.90 Å². The minimum Gasteiger partial charge on any atom is -0.396 e. The first-order valence-electron chi connectivity index (χ1n) is 5.80. The first-order valence-corrected chi connectivity index (χ1v) is 6.18. The van der Waals surface area contributed by atoms with Crippen LogP contribution in [0.15, 0.2) is 18.3 Å². The second-order valence-corrected chi connectivity index (χ2v) is 4.58.